The predicted molar refractivity (Wildman–Crippen MR) is 129 cm³/mol. The molecule has 2 aromatic heterocycles. The number of carbonyl (C=O) groups is 1. The maximum Gasteiger partial charge on any atom is 0.254 e. The molecule has 0 spiro atoms. The highest BCUT2D eigenvalue weighted by Crippen LogP contribution is 2.32. The summed E-state index contributed by atoms with van der Waals surface area (Å²) in [6, 6.07) is 14.1. The van der Waals surface area contributed by atoms with E-state index in [4.69, 9.17) is 0 Å². The lowest BCUT2D eigenvalue weighted by Crippen LogP contribution is -2.26. The summed E-state index contributed by atoms with van der Waals surface area (Å²) in [7, 11) is 0. The Morgan fingerprint density at radius 2 is 1.97 bits per heavy atom. The molecule has 0 bridgehead atoms. The number of para-hydroxylation sites is 1. The Morgan fingerprint density at radius 3 is 2.75 bits per heavy atom. The van der Waals surface area contributed by atoms with Crippen LogP contribution in [0.3, 0.4) is 0 Å². The van der Waals surface area contributed by atoms with Crippen LogP contribution in [0, 0.1) is 11.8 Å². The number of fused-ring (bicyclic) bond motifs is 3. The van der Waals surface area contributed by atoms with E-state index in [1.807, 2.05) is 41.2 Å². The number of likely N-dealkylation sites (tertiary alicyclic amines) is 1. The van der Waals surface area contributed by atoms with Gasteiger partial charge in [0, 0.05) is 29.4 Å². The molecule has 6 nitrogen and oxygen atoms in total. The highest BCUT2D eigenvalue weighted by molar-refractivity contribution is 6.15. The monoisotopic (exact) mass is 427 g/mol. The molecule has 1 atom stereocenters. The Bertz CT molecular complexity index is 1300. The third-order valence-electron chi connectivity index (χ3n) is 6.80. The number of benzene rings is 2. The smallest absolute Gasteiger partial charge is 0.254 e. The third-order valence-corrected chi connectivity index (χ3v) is 6.80. The highest BCUT2D eigenvalue weighted by Gasteiger charge is 2.24. The van der Waals surface area contributed by atoms with Crippen LogP contribution in [0.2, 0.25) is 0 Å². The quantitative estimate of drug-likeness (QED) is 0.413. The van der Waals surface area contributed by atoms with Gasteiger partial charge in [-0.15, -0.1) is 5.10 Å². The van der Waals surface area contributed by atoms with Gasteiger partial charge in [0.2, 0.25) is 0 Å². The normalized spacial score (nSPS) is 17.0. The Morgan fingerprint density at radius 1 is 1.16 bits per heavy atom. The average Bonchev–Trinajstić information content (AvgIpc) is 3.54. The van der Waals surface area contributed by atoms with Crippen molar-refractivity contribution in [2.75, 3.05) is 19.6 Å². The fraction of sp³-hybridized carbons (Fsp3) is 0.346. The molecule has 6 heteroatoms. The lowest BCUT2D eigenvalue weighted by atomic mass is 9.95. The molecule has 1 unspecified atom stereocenters. The maximum atomic E-state index is 12.6. The van der Waals surface area contributed by atoms with Crippen molar-refractivity contribution >= 4 is 27.7 Å². The number of rotatable bonds is 6. The zero-order valence-electron chi connectivity index (χ0n) is 18.7. The molecule has 4 aromatic rings. The van der Waals surface area contributed by atoms with Gasteiger partial charge in [0.15, 0.2) is 0 Å². The lowest BCUT2D eigenvalue weighted by molar-refractivity contribution is 0.0978. The van der Waals surface area contributed by atoms with E-state index in [2.05, 4.69) is 47.8 Å². The van der Waals surface area contributed by atoms with E-state index in [9.17, 15) is 4.79 Å². The molecule has 0 saturated carbocycles. The fourth-order valence-corrected chi connectivity index (χ4v) is 4.85. The van der Waals surface area contributed by atoms with E-state index in [1.54, 1.807) is 4.57 Å². The summed E-state index contributed by atoms with van der Waals surface area (Å²) >= 11 is 0. The summed E-state index contributed by atoms with van der Waals surface area (Å²) in [5.41, 5.74) is 3.51. The number of hydrogen-bond donors (Lipinski definition) is 0. The predicted octanol–water partition coefficient (Wildman–Crippen LogP) is 4.86. The van der Waals surface area contributed by atoms with Crippen LogP contribution in [-0.4, -0.2) is 50.0 Å². The van der Waals surface area contributed by atoms with Crippen molar-refractivity contribution < 1.29 is 4.79 Å². The van der Waals surface area contributed by atoms with Crippen molar-refractivity contribution in [2.24, 2.45) is 11.8 Å². The second-order valence-electron chi connectivity index (χ2n) is 9.09. The number of nitrogens with zero attached hydrogens (tertiary/aromatic N) is 5. The van der Waals surface area contributed by atoms with Gasteiger partial charge in [-0.3, -0.25) is 14.0 Å². The minimum atomic E-state index is -0.137. The number of aromatic nitrogens is 4. The molecular formula is C26H29N5O. The first-order valence-corrected chi connectivity index (χ1v) is 11.4. The second-order valence-corrected chi connectivity index (χ2v) is 9.09. The van der Waals surface area contributed by atoms with Gasteiger partial charge in [0.1, 0.15) is 5.69 Å². The molecule has 1 fully saturated rings. The molecule has 1 aliphatic heterocycles. The maximum absolute atomic E-state index is 12.6. The van der Waals surface area contributed by atoms with Crippen LogP contribution in [0.1, 0.15) is 25.1 Å². The Hall–Kier alpha value is -3.25. The van der Waals surface area contributed by atoms with Gasteiger partial charge in [-0.2, -0.15) is 0 Å². The van der Waals surface area contributed by atoms with Gasteiger partial charge in [-0.1, -0.05) is 56.0 Å². The van der Waals surface area contributed by atoms with Crippen molar-refractivity contribution in [1.82, 2.24) is 24.5 Å². The molecule has 1 aliphatic rings. The van der Waals surface area contributed by atoms with Crippen molar-refractivity contribution in [1.29, 1.82) is 0 Å². The number of allylic oxidation sites excluding steroid dienone is 1. The van der Waals surface area contributed by atoms with Gasteiger partial charge in [0.05, 0.1) is 23.8 Å². The van der Waals surface area contributed by atoms with E-state index in [0.717, 1.165) is 58.0 Å². The second kappa shape index (κ2) is 8.36. The summed E-state index contributed by atoms with van der Waals surface area (Å²) in [6.45, 7) is 12.5. The van der Waals surface area contributed by atoms with Gasteiger partial charge >= 0.3 is 0 Å². The van der Waals surface area contributed by atoms with Crippen LogP contribution in [-0.2, 0) is 6.54 Å². The Labute approximate surface area is 188 Å². The molecule has 32 heavy (non-hydrogen) atoms. The average molecular weight is 428 g/mol. The molecule has 0 radical (unpaired) electrons. The van der Waals surface area contributed by atoms with Crippen molar-refractivity contribution in [3.8, 4) is 11.3 Å². The third kappa shape index (κ3) is 3.65. The largest absolute Gasteiger partial charge is 0.301 e. The number of hydrogen-bond acceptors (Lipinski definition) is 4. The summed E-state index contributed by atoms with van der Waals surface area (Å²) in [6.07, 6.45) is 4.65. The van der Waals surface area contributed by atoms with Crippen LogP contribution < -0.4 is 0 Å². The first-order valence-electron chi connectivity index (χ1n) is 11.4. The van der Waals surface area contributed by atoms with Gasteiger partial charge < -0.3 is 4.90 Å². The van der Waals surface area contributed by atoms with Crippen LogP contribution in [0.25, 0.3) is 33.1 Å². The zero-order valence-corrected chi connectivity index (χ0v) is 18.7. The molecule has 0 amide bonds. The van der Waals surface area contributed by atoms with E-state index in [1.165, 1.54) is 25.6 Å². The molecule has 0 N–H and O–H groups in total. The summed E-state index contributed by atoms with van der Waals surface area (Å²) in [5.74, 6) is 1.41. The van der Waals surface area contributed by atoms with Gasteiger partial charge in [-0.25, -0.2) is 0 Å². The van der Waals surface area contributed by atoms with Crippen molar-refractivity contribution in [3.05, 3.63) is 61.3 Å². The SMILES string of the molecule is C=CC(=O)n1c2ccccc2c2ccc(-c3cn(CCN4CCC(C(C)C)C4)nn3)cc21. The molecule has 1 saturated heterocycles. The van der Waals surface area contributed by atoms with E-state index in [0.29, 0.717) is 0 Å². The Balaban J connectivity index is 1.41. The zero-order chi connectivity index (χ0) is 22.2. The van der Waals surface area contributed by atoms with Crippen LogP contribution in [0.4, 0.5) is 0 Å². The lowest BCUT2D eigenvalue weighted by Gasteiger charge is -2.17. The molecular weight excluding hydrogens is 398 g/mol. The molecule has 2 aromatic carbocycles. The highest BCUT2D eigenvalue weighted by atomic mass is 16.1. The van der Waals surface area contributed by atoms with Crippen LogP contribution >= 0.6 is 0 Å². The summed E-state index contributed by atoms with van der Waals surface area (Å²) in [5, 5.41) is 10.9. The molecule has 3 heterocycles. The first kappa shape index (κ1) is 20.6. The van der Waals surface area contributed by atoms with Crippen LogP contribution in [0.5, 0.6) is 0 Å². The van der Waals surface area contributed by atoms with Crippen LogP contribution in [0.15, 0.2) is 61.3 Å². The molecule has 0 aliphatic carbocycles. The fourth-order valence-electron chi connectivity index (χ4n) is 4.85. The topological polar surface area (TPSA) is 56.0 Å². The van der Waals surface area contributed by atoms with Crippen molar-refractivity contribution in [2.45, 2.75) is 26.8 Å². The van der Waals surface area contributed by atoms with Crippen molar-refractivity contribution in [3.63, 3.8) is 0 Å². The van der Waals surface area contributed by atoms with E-state index < -0.39 is 0 Å². The molecule has 5 rings (SSSR count). The first-order chi connectivity index (χ1) is 15.5. The van der Waals surface area contributed by atoms with E-state index >= 15 is 0 Å². The molecule has 164 valence electrons. The van der Waals surface area contributed by atoms with E-state index in [-0.39, 0.29) is 5.91 Å². The summed E-state index contributed by atoms with van der Waals surface area (Å²) < 4.78 is 3.65. The number of carbonyl (C=O) groups excluding carboxylic acids is 1. The van der Waals surface area contributed by atoms with Gasteiger partial charge in [-0.05, 0) is 43.0 Å². The minimum Gasteiger partial charge on any atom is -0.301 e. The minimum absolute atomic E-state index is 0.137. The standard InChI is InChI=1S/C26H29N5O/c1-4-26(32)31-24-8-6-5-7-21(24)22-10-9-19(15-25(22)31)23-17-30(28-27-23)14-13-29-12-11-20(16-29)18(2)3/h4-10,15,17-18,20H,1,11-14,16H2,2-3H3. The Kier molecular flexibility index (Phi) is 5.39. The summed E-state index contributed by atoms with van der Waals surface area (Å²) in [4.78, 5) is 15.2. The van der Waals surface area contributed by atoms with Gasteiger partial charge in [0.25, 0.3) is 5.91 Å².